The molecule has 0 aliphatic heterocycles. The molecule has 1 heterocycles. The Morgan fingerprint density at radius 3 is 2.20 bits per heavy atom. The Morgan fingerprint density at radius 1 is 1.05 bits per heavy atom. The molecule has 20 heavy (non-hydrogen) atoms. The number of anilines is 2. The highest BCUT2D eigenvalue weighted by atomic mass is 32.2. The summed E-state index contributed by atoms with van der Waals surface area (Å²) in [7, 11) is -3.25. The SMILES string of the molecule is CS(=O)(=O)Nc1ccc(NCc2ccc(CO)o2)cc1. The van der Waals surface area contributed by atoms with E-state index in [0.717, 1.165) is 11.9 Å². The third-order valence-corrected chi connectivity index (χ3v) is 3.13. The molecular formula is C13H16N2O4S. The summed E-state index contributed by atoms with van der Waals surface area (Å²) in [4.78, 5) is 0. The number of hydrogen-bond donors (Lipinski definition) is 3. The molecule has 0 saturated heterocycles. The predicted octanol–water partition coefficient (Wildman–Crippen LogP) is 1.76. The standard InChI is InChI=1S/C13H16N2O4S/c1-20(17,18)15-11-4-2-10(3-5-11)14-8-12-6-7-13(9-16)19-12/h2-7,14-16H,8-9H2,1H3. The number of benzene rings is 1. The number of nitrogens with one attached hydrogen (secondary N) is 2. The molecule has 0 unspecified atom stereocenters. The van der Waals surface area contributed by atoms with E-state index >= 15 is 0 Å². The summed E-state index contributed by atoms with van der Waals surface area (Å²) < 4.78 is 29.9. The second-order valence-electron chi connectivity index (χ2n) is 4.33. The molecule has 7 heteroatoms. The maximum absolute atomic E-state index is 11.1. The Labute approximate surface area is 117 Å². The van der Waals surface area contributed by atoms with Crippen LogP contribution in [0, 0.1) is 0 Å². The van der Waals surface area contributed by atoms with Crippen molar-refractivity contribution in [1.29, 1.82) is 0 Å². The molecule has 6 nitrogen and oxygen atoms in total. The number of furan rings is 1. The minimum Gasteiger partial charge on any atom is -0.462 e. The first-order valence-electron chi connectivity index (χ1n) is 5.96. The van der Waals surface area contributed by atoms with E-state index in [1.165, 1.54) is 0 Å². The van der Waals surface area contributed by atoms with Crippen molar-refractivity contribution in [3.8, 4) is 0 Å². The molecule has 0 bridgehead atoms. The molecule has 0 aliphatic rings. The maximum atomic E-state index is 11.1. The van der Waals surface area contributed by atoms with E-state index in [-0.39, 0.29) is 6.61 Å². The zero-order valence-corrected chi connectivity index (χ0v) is 11.8. The third-order valence-electron chi connectivity index (χ3n) is 2.53. The van der Waals surface area contributed by atoms with E-state index in [4.69, 9.17) is 9.52 Å². The molecule has 0 amide bonds. The van der Waals surface area contributed by atoms with E-state index in [9.17, 15) is 8.42 Å². The van der Waals surface area contributed by atoms with Crippen LogP contribution in [-0.4, -0.2) is 19.8 Å². The van der Waals surface area contributed by atoms with Crippen molar-refractivity contribution >= 4 is 21.4 Å². The number of rotatable bonds is 6. The third kappa shape index (κ3) is 4.29. The molecule has 2 aromatic rings. The summed E-state index contributed by atoms with van der Waals surface area (Å²) in [5, 5.41) is 12.0. The smallest absolute Gasteiger partial charge is 0.229 e. The second-order valence-corrected chi connectivity index (χ2v) is 6.08. The van der Waals surface area contributed by atoms with Crippen molar-refractivity contribution in [2.45, 2.75) is 13.2 Å². The molecule has 0 atom stereocenters. The first-order valence-corrected chi connectivity index (χ1v) is 7.85. The Kier molecular flexibility index (Phi) is 4.31. The average Bonchev–Trinajstić information content (AvgIpc) is 2.84. The molecule has 3 N–H and O–H groups in total. The van der Waals surface area contributed by atoms with Crippen LogP contribution in [0.4, 0.5) is 11.4 Å². The first-order chi connectivity index (χ1) is 9.46. The number of aliphatic hydroxyl groups is 1. The van der Waals surface area contributed by atoms with Crippen LogP contribution >= 0.6 is 0 Å². The predicted molar refractivity (Wildman–Crippen MR) is 76.9 cm³/mol. The van der Waals surface area contributed by atoms with Gasteiger partial charge in [0.25, 0.3) is 0 Å². The van der Waals surface area contributed by atoms with Crippen LogP contribution in [0.1, 0.15) is 11.5 Å². The van der Waals surface area contributed by atoms with Gasteiger partial charge in [-0.25, -0.2) is 8.42 Å². The van der Waals surface area contributed by atoms with Crippen molar-refractivity contribution in [3.05, 3.63) is 47.9 Å². The van der Waals surface area contributed by atoms with Gasteiger partial charge in [0.2, 0.25) is 10.0 Å². The van der Waals surface area contributed by atoms with Crippen molar-refractivity contribution in [3.63, 3.8) is 0 Å². The van der Waals surface area contributed by atoms with E-state index in [0.29, 0.717) is 23.8 Å². The zero-order valence-electron chi connectivity index (χ0n) is 11.0. The van der Waals surface area contributed by atoms with Crippen molar-refractivity contribution in [2.75, 3.05) is 16.3 Å². The first kappa shape index (κ1) is 14.4. The van der Waals surface area contributed by atoms with Gasteiger partial charge in [0, 0.05) is 11.4 Å². The summed E-state index contributed by atoms with van der Waals surface area (Å²) in [6.07, 6.45) is 1.11. The summed E-state index contributed by atoms with van der Waals surface area (Å²) >= 11 is 0. The Morgan fingerprint density at radius 2 is 1.65 bits per heavy atom. The summed E-state index contributed by atoms with van der Waals surface area (Å²) in [5.74, 6) is 1.24. The van der Waals surface area contributed by atoms with Crippen LogP contribution in [0.25, 0.3) is 0 Å². The number of aliphatic hydroxyl groups excluding tert-OH is 1. The van der Waals surface area contributed by atoms with Gasteiger partial charge in [0.15, 0.2) is 0 Å². The van der Waals surface area contributed by atoms with Crippen LogP contribution in [-0.2, 0) is 23.2 Å². The second kappa shape index (κ2) is 5.98. The number of sulfonamides is 1. The fourth-order valence-corrected chi connectivity index (χ4v) is 2.23. The van der Waals surface area contributed by atoms with Crippen molar-refractivity contribution in [2.24, 2.45) is 0 Å². The Balaban J connectivity index is 1.93. The van der Waals surface area contributed by atoms with E-state index < -0.39 is 10.0 Å². The van der Waals surface area contributed by atoms with Gasteiger partial charge in [-0.1, -0.05) is 0 Å². The lowest BCUT2D eigenvalue weighted by atomic mass is 10.3. The van der Waals surface area contributed by atoms with E-state index in [1.807, 2.05) is 0 Å². The minimum atomic E-state index is -3.25. The van der Waals surface area contributed by atoms with Crippen molar-refractivity contribution < 1.29 is 17.9 Å². The number of hydrogen-bond acceptors (Lipinski definition) is 5. The quantitative estimate of drug-likeness (QED) is 0.755. The molecule has 1 aromatic heterocycles. The topological polar surface area (TPSA) is 91.6 Å². The van der Waals surface area contributed by atoms with Crippen LogP contribution < -0.4 is 10.0 Å². The molecular weight excluding hydrogens is 280 g/mol. The van der Waals surface area contributed by atoms with Crippen LogP contribution in [0.5, 0.6) is 0 Å². The monoisotopic (exact) mass is 296 g/mol. The molecule has 1 aromatic carbocycles. The van der Waals surface area contributed by atoms with E-state index in [1.54, 1.807) is 36.4 Å². The lowest BCUT2D eigenvalue weighted by Gasteiger charge is -2.07. The van der Waals surface area contributed by atoms with Gasteiger partial charge in [0.1, 0.15) is 18.1 Å². The van der Waals surface area contributed by atoms with Gasteiger partial charge in [-0.15, -0.1) is 0 Å². The Hall–Kier alpha value is -1.99. The van der Waals surface area contributed by atoms with Crippen molar-refractivity contribution in [1.82, 2.24) is 0 Å². The highest BCUT2D eigenvalue weighted by molar-refractivity contribution is 7.92. The lowest BCUT2D eigenvalue weighted by Crippen LogP contribution is -2.09. The van der Waals surface area contributed by atoms with Crippen LogP contribution in [0.3, 0.4) is 0 Å². The average molecular weight is 296 g/mol. The van der Waals surface area contributed by atoms with Crippen LogP contribution in [0.2, 0.25) is 0 Å². The highest BCUT2D eigenvalue weighted by Crippen LogP contribution is 2.16. The van der Waals surface area contributed by atoms with Gasteiger partial charge in [-0.3, -0.25) is 4.72 Å². The largest absolute Gasteiger partial charge is 0.462 e. The summed E-state index contributed by atoms with van der Waals surface area (Å²) in [6, 6.07) is 10.4. The fraction of sp³-hybridized carbons (Fsp3) is 0.231. The molecule has 0 saturated carbocycles. The van der Waals surface area contributed by atoms with Gasteiger partial charge < -0.3 is 14.8 Å². The molecule has 2 rings (SSSR count). The summed E-state index contributed by atoms with van der Waals surface area (Å²) in [5.41, 5.74) is 1.35. The molecule has 0 spiro atoms. The van der Waals surface area contributed by atoms with Gasteiger partial charge in [-0.2, -0.15) is 0 Å². The molecule has 0 radical (unpaired) electrons. The lowest BCUT2D eigenvalue weighted by molar-refractivity contribution is 0.244. The normalized spacial score (nSPS) is 11.3. The van der Waals surface area contributed by atoms with Gasteiger partial charge in [0.05, 0.1) is 12.8 Å². The van der Waals surface area contributed by atoms with Crippen LogP contribution in [0.15, 0.2) is 40.8 Å². The molecule has 0 fully saturated rings. The zero-order chi connectivity index (χ0) is 14.6. The minimum absolute atomic E-state index is 0.119. The Bertz CT molecular complexity index is 662. The fourth-order valence-electron chi connectivity index (χ4n) is 1.66. The van der Waals surface area contributed by atoms with Gasteiger partial charge in [-0.05, 0) is 36.4 Å². The molecule has 108 valence electrons. The maximum Gasteiger partial charge on any atom is 0.229 e. The van der Waals surface area contributed by atoms with E-state index in [2.05, 4.69) is 10.0 Å². The summed E-state index contributed by atoms with van der Waals surface area (Å²) in [6.45, 7) is 0.366. The highest BCUT2D eigenvalue weighted by Gasteiger charge is 2.03. The van der Waals surface area contributed by atoms with Gasteiger partial charge >= 0.3 is 0 Å². The molecule has 0 aliphatic carbocycles.